The van der Waals surface area contributed by atoms with Crippen molar-refractivity contribution >= 4 is 34.9 Å². The van der Waals surface area contributed by atoms with Crippen LogP contribution in [0.25, 0.3) is 0 Å². The van der Waals surface area contributed by atoms with Crippen LogP contribution in [-0.2, 0) is 10.9 Å². The van der Waals surface area contributed by atoms with Crippen LogP contribution in [0, 0.1) is 0 Å². The second-order valence-electron chi connectivity index (χ2n) is 10.3. The van der Waals surface area contributed by atoms with Gasteiger partial charge in [0.1, 0.15) is 5.75 Å². The zero-order valence-corrected chi connectivity index (χ0v) is 24.0. The molecule has 0 unspecified atom stereocenters. The number of morpholine rings is 1. The van der Waals surface area contributed by atoms with Crippen molar-refractivity contribution in [2.24, 2.45) is 0 Å². The fourth-order valence-corrected chi connectivity index (χ4v) is 5.10. The van der Waals surface area contributed by atoms with E-state index in [1.165, 1.54) is 0 Å². The third-order valence-electron chi connectivity index (χ3n) is 7.50. The Morgan fingerprint density at radius 1 is 0.750 bits per heavy atom. The topological polar surface area (TPSA) is 103 Å². The van der Waals surface area contributed by atoms with Gasteiger partial charge < -0.3 is 34.8 Å². The van der Waals surface area contributed by atoms with E-state index in [2.05, 4.69) is 10.6 Å². The third-order valence-corrected chi connectivity index (χ3v) is 7.50. The molecule has 10 nitrogen and oxygen atoms in total. The first kappa shape index (κ1) is 30.7. The Kier molecular flexibility index (Phi) is 9.23. The molecule has 44 heavy (non-hydrogen) atoms. The highest BCUT2D eigenvalue weighted by Gasteiger charge is 2.30. The highest BCUT2D eigenvalue weighted by Crippen LogP contribution is 2.30. The van der Waals surface area contributed by atoms with Crippen LogP contribution in [0.4, 0.5) is 35.0 Å². The molecule has 2 aliphatic heterocycles. The Bertz CT molecular complexity index is 1480. The Morgan fingerprint density at radius 2 is 1.34 bits per heavy atom. The standard InChI is InChI=1S/C31H32F3N5O5/c1-43-25-9-2-21(3-10-25)28(40)38-14-12-37(13-15-38)27-11-8-24(20-26(27)29(41)39-16-18-44-19-17-39)36-30(42)35-23-6-4-22(5-7-23)31(32,33)34/h2-11,20H,12-19H2,1H3,(H2,35,36,42). The SMILES string of the molecule is COc1ccc(C(=O)N2CCN(c3ccc(NC(=O)Nc4ccc(C(F)(F)F)cc4)cc3C(=O)N3CCOCC3)CC2)cc1. The van der Waals surface area contributed by atoms with E-state index in [-0.39, 0.29) is 17.5 Å². The van der Waals surface area contributed by atoms with Gasteiger partial charge in [0, 0.05) is 61.9 Å². The van der Waals surface area contributed by atoms with Crippen LogP contribution < -0.4 is 20.3 Å². The average molecular weight is 612 g/mol. The molecule has 3 aromatic rings. The summed E-state index contributed by atoms with van der Waals surface area (Å²) >= 11 is 0. The number of carbonyl (C=O) groups is 3. The van der Waals surface area contributed by atoms with E-state index < -0.39 is 17.8 Å². The lowest BCUT2D eigenvalue weighted by Crippen LogP contribution is -2.49. The number of amides is 4. The minimum Gasteiger partial charge on any atom is -0.497 e. The number of halogens is 3. The van der Waals surface area contributed by atoms with Crippen molar-refractivity contribution in [1.82, 2.24) is 9.80 Å². The number of hydrogen-bond donors (Lipinski definition) is 2. The summed E-state index contributed by atoms with van der Waals surface area (Å²) in [7, 11) is 1.56. The first-order chi connectivity index (χ1) is 21.1. The van der Waals surface area contributed by atoms with E-state index in [0.29, 0.717) is 80.7 Å². The van der Waals surface area contributed by atoms with Gasteiger partial charge in [0.2, 0.25) is 0 Å². The zero-order valence-electron chi connectivity index (χ0n) is 24.0. The molecule has 0 radical (unpaired) electrons. The largest absolute Gasteiger partial charge is 0.497 e. The minimum absolute atomic E-state index is 0.0875. The highest BCUT2D eigenvalue weighted by atomic mass is 19.4. The first-order valence-electron chi connectivity index (χ1n) is 14.1. The van der Waals surface area contributed by atoms with Crippen molar-refractivity contribution in [3.05, 3.63) is 83.4 Å². The lowest BCUT2D eigenvalue weighted by Gasteiger charge is -2.37. The summed E-state index contributed by atoms with van der Waals surface area (Å²) in [4.78, 5) is 44.9. The van der Waals surface area contributed by atoms with Gasteiger partial charge in [0.15, 0.2) is 0 Å². The molecule has 2 saturated heterocycles. The van der Waals surface area contributed by atoms with Crippen LogP contribution in [0.3, 0.4) is 0 Å². The van der Waals surface area contributed by atoms with E-state index in [1.807, 2.05) is 4.90 Å². The van der Waals surface area contributed by atoms with Gasteiger partial charge >= 0.3 is 12.2 Å². The number of alkyl halides is 3. The summed E-state index contributed by atoms with van der Waals surface area (Å²) in [5, 5.41) is 5.17. The average Bonchev–Trinajstić information content (AvgIpc) is 3.04. The summed E-state index contributed by atoms with van der Waals surface area (Å²) < 4.78 is 49.2. The molecule has 2 fully saturated rings. The Balaban J connectivity index is 1.29. The number of methoxy groups -OCH3 is 1. The number of carbonyl (C=O) groups excluding carboxylic acids is 3. The van der Waals surface area contributed by atoms with Gasteiger partial charge in [-0.3, -0.25) is 9.59 Å². The Morgan fingerprint density at radius 3 is 1.95 bits per heavy atom. The Labute approximate surface area is 252 Å². The van der Waals surface area contributed by atoms with Crippen molar-refractivity contribution in [3.63, 3.8) is 0 Å². The summed E-state index contributed by atoms with van der Waals surface area (Å²) in [6.45, 7) is 3.57. The number of anilines is 3. The van der Waals surface area contributed by atoms with Crippen molar-refractivity contribution in [3.8, 4) is 5.75 Å². The quantitative estimate of drug-likeness (QED) is 0.416. The predicted octanol–water partition coefficient (Wildman–Crippen LogP) is 4.79. The van der Waals surface area contributed by atoms with Gasteiger partial charge in [-0.2, -0.15) is 13.2 Å². The number of piperazine rings is 1. The van der Waals surface area contributed by atoms with Gasteiger partial charge in [0.05, 0.1) is 31.5 Å². The molecule has 0 bridgehead atoms. The molecule has 0 aliphatic carbocycles. The molecule has 3 aromatic carbocycles. The molecule has 5 rings (SSSR count). The molecule has 0 saturated carbocycles. The van der Waals surface area contributed by atoms with Gasteiger partial charge in [0.25, 0.3) is 11.8 Å². The van der Waals surface area contributed by atoms with E-state index in [0.717, 1.165) is 24.3 Å². The first-order valence-corrected chi connectivity index (χ1v) is 14.1. The van der Waals surface area contributed by atoms with E-state index in [1.54, 1.807) is 59.4 Å². The molecule has 2 heterocycles. The number of rotatable bonds is 6. The van der Waals surface area contributed by atoms with Crippen LogP contribution in [0.15, 0.2) is 66.7 Å². The number of urea groups is 1. The second-order valence-corrected chi connectivity index (χ2v) is 10.3. The fourth-order valence-electron chi connectivity index (χ4n) is 5.10. The van der Waals surface area contributed by atoms with Gasteiger partial charge in [-0.1, -0.05) is 0 Å². The van der Waals surface area contributed by atoms with Crippen molar-refractivity contribution in [2.75, 3.05) is 75.1 Å². The second kappa shape index (κ2) is 13.2. The number of hydrogen-bond acceptors (Lipinski definition) is 6. The van der Waals surface area contributed by atoms with Gasteiger partial charge in [-0.25, -0.2) is 4.79 Å². The minimum atomic E-state index is -4.48. The maximum Gasteiger partial charge on any atom is 0.416 e. The zero-order chi connectivity index (χ0) is 31.3. The number of nitrogens with zero attached hydrogens (tertiary/aromatic N) is 3. The van der Waals surface area contributed by atoms with E-state index in [4.69, 9.17) is 9.47 Å². The molecule has 0 atom stereocenters. The summed E-state index contributed by atoms with van der Waals surface area (Å²) in [6.07, 6.45) is -4.48. The van der Waals surface area contributed by atoms with Crippen molar-refractivity contribution in [1.29, 1.82) is 0 Å². The molecule has 2 N–H and O–H groups in total. The Hall–Kier alpha value is -4.78. The summed E-state index contributed by atoms with van der Waals surface area (Å²) in [6, 6.07) is 15.4. The van der Waals surface area contributed by atoms with Gasteiger partial charge in [-0.05, 0) is 66.7 Å². The number of benzene rings is 3. The molecular weight excluding hydrogens is 579 g/mol. The molecular formula is C31H32F3N5O5. The molecule has 0 aromatic heterocycles. The molecule has 2 aliphatic rings. The lowest BCUT2D eigenvalue weighted by molar-refractivity contribution is -0.137. The molecule has 4 amide bonds. The maximum absolute atomic E-state index is 13.7. The van der Waals surface area contributed by atoms with E-state index in [9.17, 15) is 27.6 Å². The monoisotopic (exact) mass is 611 g/mol. The van der Waals surface area contributed by atoms with E-state index >= 15 is 0 Å². The van der Waals surface area contributed by atoms with Crippen LogP contribution in [0.5, 0.6) is 5.75 Å². The third kappa shape index (κ3) is 7.22. The number of ether oxygens (including phenoxy) is 2. The van der Waals surface area contributed by atoms with Crippen molar-refractivity contribution in [2.45, 2.75) is 6.18 Å². The van der Waals surface area contributed by atoms with Gasteiger partial charge in [-0.15, -0.1) is 0 Å². The van der Waals surface area contributed by atoms with Crippen LogP contribution in [-0.4, -0.2) is 87.2 Å². The lowest BCUT2D eigenvalue weighted by atomic mass is 10.1. The normalized spacial score (nSPS) is 15.5. The molecule has 232 valence electrons. The highest BCUT2D eigenvalue weighted by molar-refractivity contribution is 6.04. The van der Waals surface area contributed by atoms with Crippen LogP contribution in [0.2, 0.25) is 0 Å². The summed E-state index contributed by atoms with van der Waals surface area (Å²) in [5.41, 5.74) is 1.31. The van der Waals surface area contributed by atoms with Crippen LogP contribution in [0.1, 0.15) is 26.3 Å². The predicted molar refractivity (Wildman–Crippen MR) is 158 cm³/mol. The smallest absolute Gasteiger partial charge is 0.416 e. The van der Waals surface area contributed by atoms with Crippen LogP contribution >= 0.6 is 0 Å². The summed E-state index contributed by atoms with van der Waals surface area (Å²) in [5.74, 6) is 0.362. The molecule has 13 heteroatoms. The molecule has 0 spiro atoms. The maximum atomic E-state index is 13.7. The fraction of sp³-hybridized carbons (Fsp3) is 0.323. The van der Waals surface area contributed by atoms with Crippen molar-refractivity contribution < 1.29 is 37.0 Å². The number of nitrogens with one attached hydrogen (secondary N) is 2.